The average molecular weight is 526 g/mol. The molecule has 0 radical (unpaired) electrons. The van der Waals surface area contributed by atoms with Crippen molar-refractivity contribution in [3.8, 4) is 0 Å². The molecule has 0 aromatic heterocycles. The highest BCUT2D eigenvalue weighted by atomic mass is 16.5. The highest BCUT2D eigenvalue weighted by Crippen LogP contribution is 2.32. The minimum absolute atomic E-state index is 0.0597. The van der Waals surface area contributed by atoms with Crippen LogP contribution in [0.3, 0.4) is 0 Å². The number of aliphatic carboxylic acids is 1. The Morgan fingerprint density at radius 1 is 0.757 bits per heavy atom. The predicted molar refractivity (Wildman–Crippen MR) is 138 cm³/mol. The van der Waals surface area contributed by atoms with Gasteiger partial charge < -0.3 is 24.2 Å². The van der Waals surface area contributed by atoms with Gasteiger partial charge >= 0.3 is 17.9 Å². The second kappa shape index (κ2) is 17.4. The molecule has 0 aromatic rings. The Hall–Kier alpha value is -2.16. The molecule has 1 saturated heterocycles. The van der Waals surface area contributed by atoms with Crippen molar-refractivity contribution in [3.63, 3.8) is 0 Å². The second-order valence-electron chi connectivity index (χ2n) is 10.7. The molecule has 0 aromatic carbocycles. The molecule has 2 aliphatic carbocycles. The molecule has 1 aliphatic heterocycles. The lowest BCUT2D eigenvalue weighted by Gasteiger charge is -2.29. The minimum atomic E-state index is -0.925. The number of nitrogens with zero attached hydrogens (tertiary/aromatic N) is 1. The standard InChI is InChI=1S/C16H27NO4.C12H20O4/c1-20-16(19)14(11-13-5-3-2-4-6-13)12-15(18)17-7-9-21-10-8-17;1-16-12(15)10(8-11(13)14)7-9-5-3-2-4-6-9/h13-14H,2-12H2,1H3;9-10H,2-8H2,1H3,(H,13,14)/t14-;10-/m11/s1. The summed E-state index contributed by atoms with van der Waals surface area (Å²) < 4.78 is 14.8. The first-order chi connectivity index (χ1) is 17.8. The Labute approximate surface area is 221 Å². The Kier molecular flexibility index (Phi) is 14.6. The van der Waals surface area contributed by atoms with Gasteiger partial charge in [-0.2, -0.15) is 0 Å². The van der Waals surface area contributed by atoms with Crippen molar-refractivity contribution in [1.82, 2.24) is 4.90 Å². The Morgan fingerprint density at radius 2 is 1.19 bits per heavy atom. The molecule has 2 atom stereocenters. The third-order valence-electron chi connectivity index (χ3n) is 7.96. The summed E-state index contributed by atoms with van der Waals surface area (Å²) in [6.07, 6.45) is 13.7. The van der Waals surface area contributed by atoms with Crippen LogP contribution in [-0.2, 0) is 33.4 Å². The zero-order valence-electron chi connectivity index (χ0n) is 22.8. The molecule has 0 unspecified atom stereocenters. The van der Waals surface area contributed by atoms with Crippen LogP contribution in [0, 0.1) is 23.7 Å². The average Bonchev–Trinajstić information content (AvgIpc) is 2.93. The molecule has 1 N–H and O–H groups in total. The Morgan fingerprint density at radius 3 is 1.59 bits per heavy atom. The van der Waals surface area contributed by atoms with Crippen LogP contribution >= 0.6 is 0 Å². The topological polar surface area (TPSA) is 119 Å². The third-order valence-corrected chi connectivity index (χ3v) is 7.96. The van der Waals surface area contributed by atoms with Gasteiger partial charge in [0.05, 0.1) is 45.7 Å². The molecule has 9 heteroatoms. The van der Waals surface area contributed by atoms with Gasteiger partial charge in [0, 0.05) is 19.5 Å². The molecule has 212 valence electrons. The first kappa shape index (κ1) is 31.1. The van der Waals surface area contributed by atoms with Crippen molar-refractivity contribution < 1.29 is 38.5 Å². The minimum Gasteiger partial charge on any atom is -0.481 e. The van der Waals surface area contributed by atoms with Crippen molar-refractivity contribution in [3.05, 3.63) is 0 Å². The summed E-state index contributed by atoms with van der Waals surface area (Å²) in [7, 11) is 2.73. The van der Waals surface area contributed by atoms with Crippen LogP contribution in [0.1, 0.15) is 89.9 Å². The summed E-state index contributed by atoms with van der Waals surface area (Å²) in [5, 5.41) is 8.75. The van der Waals surface area contributed by atoms with Gasteiger partial charge in [0.1, 0.15) is 0 Å². The van der Waals surface area contributed by atoms with Gasteiger partial charge in [-0.1, -0.05) is 64.2 Å². The molecule has 0 spiro atoms. The number of ether oxygens (including phenoxy) is 3. The zero-order chi connectivity index (χ0) is 27.0. The van der Waals surface area contributed by atoms with E-state index in [1.165, 1.54) is 65.6 Å². The number of carboxylic acids is 1. The number of carboxylic acid groups (broad SMARTS) is 1. The number of carbonyl (C=O) groups is 4. The molecule has 9 nitrogen and oxygen atoms in total. The molecule has 2 saturated carbocycles. The zero-order valence-corrected chi connectivity index (χ0v) is 22.8. The Balaban J connectivity index is 0.000000271. The van der Waals surface area contributed by atoms with E-state index in [2.05, 4.69) is 4.74 Å². The number of esters is 2. The fourth-order valence-electron chi connectivity index (χ4n) is 5.87. The maximum atomic E-state index is 12.3. The summed E-state index contributed by atoms with van der Waals surface area (Å²) in [4.78, 5) is 48.2. The van der Waals surface area contributed by atoms with Gasteiger partial charge in [-0.3, -0.25) is 19.2 Å². The number of hydrogen-bond acceptors (Lipinski definition) is 7. The predicted octanol–water partition coefficient (Wildman–Crippen LogP) is 4.22. The van der Waals surface area contributed by atoms with E-state index in [1.54, 1.807) is 4.90 Å². The largest absolute Gasteiger partial charge is 0.481 e. The van der Waals surface area contributed by atoms with Crippen molar-refractivity contribution in [2.24, 2.45) is 23.7 Å². The fourth-order valence-corrected chi connectivity index (χ4v) is 5.87. The fraction of sp³-hybridized carbons (Fsp3) is 0.857. The number of carbonyl (C=O) groups excluding carboxylic acids is 3. The van der Waals surface area contributed by atoms with Crippen LogP contribution in [0.25, 0.3) is 0 Å². The highest BCUT2D eigenvalue weighted by Gasteiger charge is 2.30. The normalized spacial score (nSPS) is 20.6. The van der Waals surface area contributed by atoms with Crippen molar-refractivity contribution in [1.29, 1.82) is 0 Å². The van der Waals surface area contributed by atoms with E-state index >= 15 is 0 Å². The van der Waals surface area contributed by atoms with Gasteiger partial charge in [-0.05, 0) is 24.7 Å². The van der Waals surface area contributed by atoms with Crippen LogP contribution in [-0.4, -0.2) is 74.3 Å². The number of rotatable bonds is 10. The van der Waals surface area contributed by atoms with E-state index in [-0.39, 0.29) is 36.6 Å². The first-order valence-corrected chi connectivity index (χ1v) is 14.1. The lowest BCUT2D eigenvalue weighted by molar-refractivity contribution is -0.151. The van der Waals surface area contributed by atoms with E-state index in [9.17, 15) is 19.2 Å². The van der Waals surface area contributed by atoms with E-state index in [1.807, 2.05) is 0 Å². The van der Waals surface area contributed by atoms with Gasteiger partial charge in [0.25, 0.3) is 0 Å². The summed E-state index contributed by atoms with van der Waals surface area (Å²) in [6, 6.07) is 0. The highest BCUT2D eigenvalue weighted by molar-refractivity contribution is 5.83. The third kappa shape index (κ3) is 11.8. The smallest absolute Gasteiger partial charge is 0.309 e. The SMILES string of the molecule is COC(=O)[C@@H](CC(=O)N1CCOCC1)CC1CCCCC1.COC(=O)[C@@H](CC(=O)O)CC1CCCCC1. The van der Waals surface area contributed by atoms with E-state index in [4.69, 9.17) is 14.6 Å². The molecular weight excluding hydrogens is 478 g/mol. The molecule has 1 amide bonds. The quantitative estimate of drug-likeness (QED) is 0.421. The molecular formula is C28H47NO8. The van der Waals surface area contributed by atoms with Crippen LogP contribution in [0.4, 0.5) is 0 Å². The molecule has 0 bridgehead atoms. The Bertz CT molecular complexity index is 709. The summed E-state index contributed by atoms with van der Waals surface area (Å²) in [5.41, 5.74) is 0. The first-order valence-electron chi connectivity index (χ1n) is 14.1. The molecule has 3 fully saturated rings. The maximum absolute atomic E-state index is 12.3. The van der Waals surface area contributed by atoms with Crippen LogP contribution < -0.4 is 0 Å². The molecule has 3 rings (SSSR count). The summed E-state index contributed by atoms with van der Waals surface area (Å²) in [6.45, 7) is 2.46. The van der Waals surface area contributed by atoms with Crippen LogP contribution in [0.15, 0.2) is 0 Å². The van der Waals surface area contributed by atoms with Crippen LogP contribution in [0.2, 0.25) is 0 Å². The maximum Gasteiger partial charge on any atom is 0.309 e. The molecule has 3 aliphatic rings. The van der Waals surface area contributed by atoms with E-state index in [0.717, 1.165) is 19.3 Å². The molecule has 37 heavy (non-hydrogen) atoms. The van der Waals surface area contributed by atoms with Gasteiger partial charge in [-0.25, -0.2) is 0 Å². The lowest BCUT2D eigenvalue weighted by atomic mass is 9.81. The van der Waals surface area contributed by atoms with Crippen molar-refractivity contribution in [2.75, 3.05) is 40.5 Å². The van der Waals surface area contributed by atoms with E-state index < -0.39 is 11.9 Å². The van der Waals surface area contributed by atoms with Gasteiger partial charge in [-0.15, -0.1) is 0 Å². The number of methoxy groups -OCH3 is 2. The number of amides is 1. The number of morpholine rings is 1. The van der Waals surface area contributed by atoms with Crippen molar-refractivity contribution >= 4 is 23.8 Å². The van der Waals surface area contributed by atoms with Gasteiger partial charge in [0.2, 0.25) is 5.91 Å². The van der Waals surface area contributed by atoms with Crippen LogP contribution in [0.5, 0.6) is 0 Å². The summed E-state index contributed by atoms with van der Waals surface area (Å²) in [5.74, 6) is -1.16. The molecule has 1 heterocycles. The second-order valence-corrected chi connectivity index (χ2v) is 10.7. The van der Waals surface area contributed by atoms with E-state index in [0.29, 0.717) is 44.6 Å². The summed E-state index contributed by atoms with van der Waals surface area (Å²) >= 11 is 0. The monoisotopic (exact) mass is 525 g/mol. The van der Waals surface area contributed by atoms with Crippen molar-refractivity contribution in [2.45, 2.75) is 89.9 Å². The lowest BCUT2D eigenvalue weighted by Crippen LogP contribution is -2.42. The van der Waals surface area contributed by atoms with Gasteiger partial charge in [0.15, 0.2) is 0 Å². The number of hydrogen-bond donors (Lipinski definition) is 1.